The number of nitrogens with one attached hydrogen (secondary N) is 1. The van der Waals surface area contributed by atoms with Crippen molar-refractivity contribution in [2.45, 2.75) is 6.17 Å². The summed E-state index contributed by atoms with van der Waals surface area (Å²) in [5.74, 6) is 0. The van der Waals surface area contributed by atoms with Crippen molar-refractivity contribution in [2.75, 3.05) is 26.2 Å². The van der Waals surface area contributed by atoms with E-state index >= 15 is 0 Å². The van der Waals surface area contributed by atoms with Crippen molar-refractivity contribution < 1.29 is 0 Å². The first kappa shape index (κ1) is 12.1. The number of hydrogen-bond donors (Lipinski definition) is 2. The van der Waals surface area contributed by atoms with E-state index in [-0.39, 0.29) is 6.17 Å². The molecule has 2 rings (SSSR count). The van der Waals surface area contributed by atoms with Gasteiger partial charge in [-0.2, -0.15) is 0 Å². The molecule has 1 heterocycles. The highest BCUT2D eigenvalue weighted by atomic mass is 35.5. The summed E-state index contributed by atoms with van der Waals surface area (Å²) in [7, 11) is 0. The largest absolute Gasteiger partial charge is 0.314 e. The molecule has 1 fully saturated rings. The fourth-order valence-electron chi connectivity index (χ4n) is 1.90. The van der Waals surface area contributed by atoms with Gasteiger partial charge in [-0.25, -0.2) is 0 Å². The summed E-state index contributed by atoms with van der Waals surface area (Å²) < 4.78 is 0. The second-order valence-corrected chi connectivity index (χ2v) is 4.74. The van der Waals surface area contributed by atoms with Gasteiger partial charge in [-0.05, 0) is 12.1 Å². The van der Waals surface area contributed by atoms with Gasteiger partial charge in [0.2, 0.25) is 0 Å². The molecule has 3 nitrogen and oxygen atoms in total. The van der Waals surface area contributed by atoms with Crippen LogP contribution in [0.5, 0.6) is 0 Å². The maximum Gasteiger partial charge on any atom is 0.0850 e. The minimum atomic E-state index is -0.146. The van der Waals surface area contributed by atoms with Gasteiger partial charge in [0.15, 0.2) is 0 Å². The number of piperazine rings is 1. The summed E-state index contributed by atoms with van der Waals surface area (Å²) in [5.41, 5.74) is 7.13. The molecule has 1 aliphatic heterocycles. The standard InChI is InChI=1S/C11H15Cl2N3/c12-8-1-2-9(10(13)7-8)11(14)16-5-3-15-4-6-16/h1-2,7,11,15H,3-6,14H2. The van der Waals surface area contributed by atoms with Crippen molar-refractivity contribution in [1.29, 1.82) is 0 Å². The van der Waals surface area contributed by atoms with Gasteiger partial charge in [0.05, 0.1) is 6.17 Å². The maximum atomic E-state index is 6.19. The molecule has 0 amide bonds. The van der Waals surface area contributed by atoms with Crippen LogP contribution < -0.4 is 11.1 Å². The van der Waals surface area contributed by atoms with E-state index in [1.54, 1.807) is 6.07 Å². The van der Waals surface area contributed by atoms with Gasteiger partial charge < -0.3 is 11.1 Å². The van der Waals surface area contributed by atoms with Crippen molar-refractivity contribution in [3.8, 4) is 0 Å². The Morgan fingerprint density at radius 3 is 2.56 bits per heavy atom. The zero-order valence-corrected chi connectivity index (χ0v) is 10.4. The van der Waals surface area contributed by atoms with Crippen LogP contribution in [-0.4, -0.2) is 31.1 Å². The molecule has 1 saturated heterocycles. The second kappa shape index (κ2) is 5.34. The van der Waals surface area contributed by atoms with E-state index in [2.05, 4.69) is 10.2 Å². The number of benzene rings is 1. The SMILES string of the molecule is NC(c1ccc(Cl)cc1Cl)N1CCNCC1. The maximum absolute atomic E-state index is 6.19. The lowest BCUT2D eigenvalue weighted by Crippen LogP contribution is -2.47. The average Bonchev–Trinajstić information content (AvgIpc) is 2.29. The minimum absolute atomic E-state index is 0.146. The van der Waals surface area contributed by atoms with E-state index in [9.17, 15) is 0 Å². The van der Waals surface area contributed by atoms with Gasteiger partial charge >= 0.3 is 0 Å². The molecule has 1 aromatic carbocycles. The smallest absolute Gasteiger partial charge is 0.0850 e. The Hall–Kier alpha value is -0.320. The fourth-order valence-corrected chi connectivity index (χ4v) is 2.42. The highest BCUT2D eigenvalue weighted by Gasteiger charge is 2.20. The summed E-state index contributed by atoms with van der Waals surface area (Å²) in [5, 5.41) is 4.57. The van der Waals surface area contributed by atoms with Gasteiger partial charge in [-0.15, -0.1) is 0 Å². The third-order valence-corrected chi connectivity index (χ3v) is 3.39. The molecule has 16 heavy (non-hydrogen) atoms. The van der Waals surface area contributed by atoms with Crippen LogP contribution in [0.1, 0.15) is 11.7 Å². The van der Waals surface area contributed by atoms with E-state index in [0.29, 0.717) is 10.0 Å². The lowest BCUT2D eigenvalue weighted by atomic mass is 10.1. The van der Waals surface area contributed by atoms with Crippen molar-refractivity contribution in [2.24, 2.45) is 5.73 Å². The summed E-state index contributed by atoms with van der Waals surface area (Å²) >= 11 is 12.0. The monoisotopic (exact) mass is 259 g/mol. The molecular formula is C11H15Cl2N3. The van der Waals surface area contributed by atoms with E-state index in [0.717, 1.165) is 31.7 Å². The van der Waals surface area contributed by atoms with Crippen molar-refractivity contribution in [3.63, 3.8) is 0 Å². The van der Waals surface area contributed by atoms with E-state index in [1.807, 2.05) is 12.1 Å². The molecule has 0 aromatic heterocycles. The van der Waals surface area contributed by atoms with Gasteiger partial charge in [-0.3, -0.25) is 4.90 Å². The second-order valence-electron chi connectivity index (χ2n) is 3.90. The number of hydrogen-bond acceptors (Lipinski definition) is 3. The van der Waals surface area contributed by atoms with Gasteiger partial charge in [0.25, 0.3) is 0 Å². The van der Waals surface area contributed by atoms with E-state index in [1.165, 1.54) is 0 Å². The highest BCUT2D eigenvalue weighted by Crippen LogP contribution is 2.27. The predicted octanol–water partition coefficient (Wildman–Crippen LogP) is 1.86. The molecule has 5 heteroatoms. The average molecular weight is 260 g/mol. The van der Waals surface area contributed by atoms with Crippen LogP contribution in [0.3, 0.4) is 0 Å². The molecule has 88 valence electrons. The van der Waals surface area contributed by atoms with Crippen LogP contribution >= 0.6 is 23.2 Å². The molecule has 0 spiro atoms. The Balaban J connectivity index is 2.15. The topological polar surface area (TPSA) is 41.3 Å². The van der Waals surface area contributed by atoms with Crippen LogP contribution in [0.25, 0.3) is 0 Å². The Kier molecular flexibility index (Phi) is 4.05. The van der Waals surface area contributed by atoms with Crippen molar-refractivity contribution >= 4 is 23.2 Å². The quantitative estimate of drug-likeness (QED) is 0.852. The van der Waals surface area contributed by atoms with E-state index in [4.69, 9.17) is 28.9 Å². The molecule has 3 N–H and O–H groups in total. The first-order chi connectivity index (χ1) is 7.68. The lowest BCUT2D eigenvalue weighted by molar-refractivity contribution is 0.177. The molecular weight excluding hydrogens is 245 g/mol. The fraction of sp³-hybridized carbons (Fsp3) is 0.455. The van der Waals surface area contributed by atoms with Crippen LogP contribution in [0, 0.1) is 0 Å². The molecule has 0 bridgehead atoms. The number of halogens is 2. The summed E-state index contributed by atoms with van der Waals surface area (Å²) in [6, 6.07) is 5.46. The summed E-state index contributed by atoms with van der Waals surface area (Å²) in [4.78, 5) is 2.21. The number of nitrogens with zero attached hydrogens (tertiary/aromatic N) is 1. The van der Waals surface area contributed by atoms with Crippen LogP contribution in [0.4, 0.5) is 0 Å². The zero-order chi connectivity index (χ0) is 11.5. The Labute approximate surface area is 106 Å². The molecule has 1 aromatic rings. The Morgan fingerprint density at radius 2 is 1.94 bits per heavy atom. The molecule has 1 unspecified atom stereocenters. The van der Waals surface area contributed by atoms with Crippen LogP contribution in [0.15, 0.2) is 18.2 Å². The molecule has 0 saturated carbocycles. The number of nitrogens with two attached hydrogens (primary N) is 1. The Bertz CT molecular complexity index is 364. The third-order valence-electron chi connectivity index (χ3n) is 2.83. The highest BCUT2D eigenvalue weighted by molar-refractivity contribution is 6.35. The van der Waals surface area contributed by atoms with Crippen molar-refractivity contribution in [1.82, 2.24) is 10.2 Å². The summed E-state index contributed by atoms with van der Waals surface area (Å²) in [6.45, 7) is 3.83. The van der Waals surface area contributed by atoms with Gasteiger partial charge in [0, 0.05) is 41.8 Å². The first-order valence-corrected chi connectivity index (χ1v) is 6.09. The summed E-state index contributed by atoms with van der Waals surface area (Å²) in [6.07, 6.45) is -0.146. The number of rotatable bonds is 2. The molecule has 0 radical (unpaired) electrons. The molecule has 0 aliphatic carbocycles. The lowest BCUT2D eigenvalue weighted by Gasteiger charge is -2.33. The molecule has 1 atom stereocenters. The van der Waals surface area contributed by atoms with E-state index < -0.39 is 0 Å². The first-order valence-electron chi connectivity index (χ1n) is 5.34. The minimum Gasteiger partial charge on any atom is -0.314 e. The molecule has 1 aliphatic rings. The van der Waals surface area contributed by atoms with Crippen molar-refractivity contribution in [3.05, 3.63) is 33.8 Å². The van der Waals surface area contributed by atoms with Crippen LogP contribution in [-0.2, 0) is 0 Å². The van der Waals surface area contributed by atoms with Gasteiger partial charge in [-0.1, -0.05) is 29.3 Å². The van der Waals surface area contributed by atoms with Crippen LogP contribution in [0.2, 0.25) is 10.0 Å². The Morgan fingerprint density at radius 1 is 1.25 bits per heavy atom. The normalized spacial score (nSPS) is 19.7. The zero-order valence-electron chi connectivity index (χ0n) is 8.92. The van der Waals surface area contributed by atoms with Gasteiger partial charge in [0.1, 0.15) is 0 Å². The predicted molar refractivity (Wildman–Crippen MR) is 67.8 cm³/mol. The third kappa shape index (κ3) is 2.67.